The van der Waals surface area contributed by atoms with Crippen LogP contribution >= 0.6 is 0 Å². The van der Waals surface area contributed by atoms with Crippen LogP contribution in [0.4, 0.5) is 0 Å². The Balaban J connectivity index is 1.68. The zero-order chi connectivity index (χ0) is 26.3. The molecule has 9 nitrogen and oxygen atoms in total. The standard InChI is InChI=1S/C26H39N5O4/c1-25(2,3)17-12-16(13-18(21(17)33)26(4,5)6)19(32)14-27-10-9-11-31-15-28-22-20(31)23(34)30(8)24(35)29(22)7/h12-13,15,19,27,32-33H,9-11,14H2,1-8H3. The fraction of sp³-hybridized carbons (Fsp3) is 0.577. The summed E-state index contributed by atoms with van der Waals surface area (Å²) in [5.41, 5.74) is 1.91. The minimum atomic E-state index is -0.728. The number of aryl methyl sites for hydroxylation is 2. The van der Waals surface area contributed by atoms with E-state index >= 15 is 0 Å². The summed E-state index contributed by atoms with van der Waals surface area (Å²) in [4.78, 5) is 28.9. The maximum atomic E-state index is 12.6. The lowest BCUT2D eigenvalue weighted by atomic mass is 9.78. The predicted molar refractivity (Wildman–Crippen MR) is 138 cm³/mol. The summed E-state index contributed by atoms with van der Waals surface area (Å²) in [6.45, 7) is 13.8. The Kier molecular flexibility index (Phi) is 7.34. The third-order valence-electron chi connectivity index (χ3n) is 6.44. The van der Waals surface area contributed by atoms with Crippen LogP contribution in [-0.4, -0.2) is 42.0 Å². The molecule has 0 aliphatic heterocycles. The molecule has 2 aromatic heterocycles. The number of fused-ring (bicyclic) bond motifs is 1. The van der Waals surface area contributed by atoms with E-state index in [1.807, 2.05) is 53.7 Å². The van der Waals surface area contributed by atoms with E-state index in [-0.39, 0.29) is 16.4 Å². The first kappa shape index (κ1) is 26.7. The number of aromatic nitrogens is 4. The quantitative estimate of drug-likeness (QED) is 0.443. The topological polar surface area (TPSA) is 114 Å². The molecule has 2 heterocycles. The number of nitrogens with one attached hydrogen (secondary N) is 1. The van der Waals surface area contributed by atoms with Crippen LogP contribution in [0.3, 0.4) is 0 Å². The summed E-state index contributed by atoms with van der Waals surface area (Å²) in [7, 11) is 3.06. The maximum absolute atomic E-state index is 12.6. The van der Waals surface area contributed by atoms with Gasteiger partial charge in [-0.05, 0) is 52.6 Å². The van der Waals surface area contributed by atoms with Crippen molar-refractivity contribution in [1.82, 2.24) is 24.0 Å². The number of phenols is 1. The molecule has 0 saturated carbocycles. The molecule has 1 unspecified atom stereocenters. The second kappa shape index (κ2) is 9.62. The normalized spacial score (nSPS) is 13.5. The van der Waals surface area contributed by atoms with Gasteiger partial charge in [0.25, 0.3) is 5.56 Å². The van der Waals surface area contributed by atoms with E-state index in [1.54, 1.807) is 17.9 Å². The number of imidazole rings is 1. The van der Waals surface area contributed by atoms with Gasteiger partial charge in [-0.2, -0.15) is 0 Å². The summed E-state index contributed by atoms with van der Waals surface area (Å²) < 4.78 is 4.22. The number of rotatable bonds is 7. The molecule has 1 atom stereocenters. The Morgan fingerprint density at radius 1 is 1.00 bits per heavy atom. The van der Waals surface area contributed by atoms with E-state index in [2.05, 4.69) is 10.3 Å². The van der Waals surface area contributed by atoms with Crippen molar-refractivity contribution in [3.05, 3.63) is 56.0 Å². The molecule has 1 aromatic carbocycles. The first-order chi connectivity index (χ1) is 16.1. The van der Waals surface area contributed by atoms with Crippen molar-refractivity contribution in [3.8, 4) is 5.75 Å². The Morgan fingerprint density at radius 3 is 2.11 bits per heavy atom. The van der Waals surface area contributed by atoms with Crippen LogP contribution in [0.15, 0.2) is 28.0 Å². The molecule has 0 bridgehead atoms. The average Bonchev–Trinajstić information content (AvgIpc) is 3.18. The van der Waals surface area contributed by atoms with E-state index in [9.17, 15) is 19.8 Å². The smallest absolute Gasteiger partial charge is 0.332 e. The second-order valence-electron chi connectivity index (χ2n) is 11.4. The van der Waals surface area contributed by atoms with Crippen LogP contribution in [0.2, 0.25) is 0 Å². The van der Waals surface area contributed by atoms with Gasteiger partial charge in [0.15, 0.2) is 11.2 Å². The third kappa shape index (κ3) is 5.36. The Labute approximate surface area is 206 Å². The molecule has 0 fully saturated rings. The molecule has 0 radical (unpaired) electrons. The zero-order valence-corrected chi connectivity index (χ0v) is 22.1. The lowest BCUT2D eigenvalue weighted by molar-refractivity contribution is 0.174. The van der Waals surface area contributed by atoms with Crippen LogP contribution in [0.25, 0.3) is 11.2 Å². The lowest BCUT2D eigenvalue weighted by Crippen LogP contribution is -2.37. The Hall–Kier alpha value is -2.91. The Bertz CT molecular complexity index is 1300. The Morgan fingerprint density at radius 2 is 1.57 bits per heavy atom. The summed E-state index contributed by atoms with van der Waals surface area (Å²) in [6.07, 6.45) is 1.56. The number of phenolic OH excluding ortho intramolecular Hbond substituents is 1. The molecule has 3 N–H and O–H groups in total. The number of benzene rings is 1. The van der Waals surface area contributed by atoms with Gasteiger partial charge < -0.3 is 20.1 Å². The fourth-order valence-electron chi connectivity index (χ4n) is 4.29. The second-order valence-corrected chi connectivity index (χ2v) is 11.4. The van der Waals surface area contributed by atoms with E-state index in [0.29, 0.717) is 43.0 Å². The minimum absolute atomic E-state index is 0.263. The molecule has 9 heteroatoms. The SMILES string of the molecule is Cn1c(=O)c2c(ncn2CCCNCC(O)c2cc(C(C)(C)C)c(O)c(C(C)(C)C)c2)n(C)c1=O. The fourth-order valence-corrected chi connectivity index (χ4v) is 4.29. The minimum Gasteiger partial charge on any atom is -0.507 e. The number of aliphatic hydroxyl groups is 1. The van der Waals surface area contributed by atoms with Crippen molar-refractivity contribution in [2.45, 2.75) is 71.4 Å². The van der Waals surface area contributed by atoms with Crippen LogP contribution in [0.5, 0.6) is 5.75 Å². The van der Waals surface area contributed by atoms with Crippen molar-refractivity contribution in [1.29, 1.82) is 0 Å². The molecule has 0 spiro atoms. The van der Waals surface area contributed by atoms with Gasteiger partial charge in [0.05, 0.1) is 12.4 Å². The van der Waals surface area contributed by atoms with Crippen LogP contribution < -0.4 is 16.6 Å². The predicted octanol–water partition coefficient (Wildman–Crippen LogP) is 2.45. The maximum Gasteiger partial charge on any atom is 0.332 e. The van der Waals surface area contributed by atoms with Gasteiger partial charge in [0.1, 0.15) is 5.75 Å². The van der Waals surface area contributed by atoms with Gasteiger partial charge in [-0.3, -0.25) is 13.9 Å². The highest BCUT2D eigenvalue weighted by Gasteiger charge is 2.27. The largest absolute Gasteiger partial charge is 0.507 e. The summed E-state index contributed by atoms with van der Waals surface area (Å²) >= 11 is 0. The molecular weight excluding hydrogens is 446 g/mol. The van der Waals surface area contributed by atoms with Crippen molar-refractivity contribution in [2.75, 3.05) is 13.1 Å². The van der Waals surface area contributed by atoms with Gasteiger partial charge in [0.2, 0.25) is 0 Å². The summed E-state index contributed by atoms with van der Waals surface area (Å²) in [6, 6.07) is 3.79. The first-order valence-electron chi connectivity index (χ1n) is 12.0. The number of nitrogens with zero attached hydrogens (tertiary/aromatic N) is 4. The number of aliphatic hydroxyl groups excluding tert-OH is 1. The highest BCUT2D eigenvalue weighted by atomic mass is 16.3. The molecule has 35 heavy (non-hydrogen) atoms. The molecule has 3 rings (SSSR count). The van der Waals surface area contributed by atoms with Crippen molar-refractivity contribution in [3.63, 3.8) is 0 Å². The molecular formula is C26H39N5O4. The monoisotopic (exact) mass is 485 g/mol. The average molecular weight is 486 g/mol. The molecule has 0 saturated heterocycles. The highest BCUT2D eigenvalue weighted by Crippen LogP contribution is 2.40. The van der Waals surface area contributed by atoms with Gasteiger partial charge in [-0.1, -0.05) is 41.5 Å². The number of aromatic hydroxyl groups is 1. The van der Waals surface area contributed by atoms with Gasteiger partial charge in [-0.15, -0.1) is 0 Å². The molecule has 0 amide bonds. The van der Waals surface area contributed by atoms with Crippen LogP contribution in [-0.2, 0) is 31.5 Å². The first-order valence-corrected chi connectivity index (χ1v) is 12.0. The third-order valence-corrected chi connectivity index (χ3v) is 6.44. The van der Waals surface area contributed by atoms with E-state index in [4.69, 9.17) is 0 Å². The van der Waals surface area contributed by atoms with Crippen LogP contribution in [0.1, 0.15) is 70.8 Å². The van der Waals surface area contributed by atoms with E-state index in [1.165, 1.54) is 11.6 Å². The lowest BCUT2D eigenvalue weighted by Gasteiger charge is -2.29. The highest BCUT2D eigenvalue weighted by molar-refractivity contribution is 5.69. The number of hydrogen-bond donors (Lipinski definition) is 3. The summed E-state index contributed by atoms with van der Waals surface area (Å²) in [5, 5.41) is 25.1. The molecule has 0 aliphatic carbocycles. The van der Waals surface area contributed by atoms with Gasteiger partial charge >= 0.3 is 5.69 Å². The van der Waals surface area contributed by atoms with E-state index < -0.39 is 11.8 Å². The van der Waals surface area contributed by atoms with Crippen molar-refractivity contribution in [2.24, 2.45) is 14.1 Å². The number of hydrogen-bond acceptors (Lipinski definition) is 6. The zero-order valence-electron chi connectivity index (χ0n) is 22.1. The van der Waals surface area contributed by atoms with Gasteiger partial charge in [-0.25, -0.2) is 9.78 Å². The van der Waals surface area contributed by atoms with Gasteiger partial charge in [0, 0.05) is 27.2 Å². The molecule has 192 valence electrons. The van der Waals surface area contributed by atoms with E-state index in [0.717, 1.165) is 21.3 Å². The molecule has 0 aliphatic rings. The summed E-state index contributed by atoms with van der Waals surface area (Å²) in [5.74, 6) is 0.296. The van der Waals surface area contributed by atoms with Crippen molar-refractivity contribution >= 4 is 11.2 Å². The molecule has 3 aromatic rings. The van der Waals surface area contributed by atoms with Crippen molar-refractivity contribution < 1.29 is 10.2 Å². The van der Waals surface area contributed by atoms with Crippen LogP contribution in [0, 0.1) is 0 Å².